The number of amides is 1. The molecule has 130 valence electrons. The number of carbonyl (C=O) groups is 1. The van der Waals surface area contributed by atoms with Gasteiger partial charge in [0.2, 0.25) is 4.96 Å². The number of hydrogen-bond donors (Lipinski definition) is 1. The summed E-state index contributed by atoms with van der Waals surface area (Å²) < 4.78 is 6.40. The Balaban J connectivity index is 1.66. The van der Waals surface area contributed by atoms with Crippen LogP contribution in [0.4, 0.5) is 4.79 Å². The van der Waals surface area contributed by atoms with E-state index in [2.05, 4.69) is 10.1 Å². The highest BCUT2D eigenvalue weighted by molar-refractivity contribution is 7.16. The third-order valence-electron chi connectivity index (χ3n) is 4.07. The fourth-order valence-electron chi connectivity index (χ4n) is 2.78. The molecule has 2 aromatic rings. The van der Waals surface area contributed by atoms with Gasteiger partial charge in [0.25, 0.3) is 5.56 Å². The quantitative estimate of drug-likeness (QED) is 0.808. The normalized spacial score (nSPS) is 15.8. The fourth-order valence-corrected chi connectivity index (χ4v) is 3.64. The zero-order chi connectivity index (χ0) is 17.1. The smallest absolute Gasteiger partial charge is 0.410 e. The minimum Gasteiger partial charge on any atom is -0.450 e. The van der Waals surface area contributed by atoms with Crippen LogP contribution in [-0.2, 0) is 17.7 Å². The summed E-state index contributed by atoms with van der Waals surface area (Å²) in [4.78, 5) is 32.2. The van der Waals surface area contributed by atoms with Gasteiger partial charge in [-0.1, -0.05) is 18.3 Å². The molecule has 9 heteroatoms. The maximum absolute atomic E-state index is 12.2. The predicted octanol–water partition coefficient (Wildman–Crippen LogP) is -0.430. The first-order valence-electron chi connectivity index (χ1n) is 8.24. The van der Waals surface area contributed by atoms with Crippen molar-refractivity contribution in [1.82, 2.24) is 19.5 Å². The fraction of sp³-hybridized carbons (Fsp3) is 0.600. The molecule has 1 aliphatic rings. The summed E-state index contributed by atoms with van der Waals surface area (Å²) in [5.74, 6) is 0. The maximum atomic E-state index is 12.2. The summed E-state index contributed by atoms with van der Waals surface area (Å²) in [5, 5.41) is 5.17. The second-order valence-electron chi connectivity index (χ2n) is 5.74. The molecule has 2 aromatic heterocycles. The molecule has 3 heterocycles. The number of aryl methyl sites for hydroxylation is 1. The molecule has 0 aromatic carbocycles. The van der Waals surface area contributed by atoms with Gasteiger partial charge in [-0.2, -0.15) is 9.61 Å². The van der Waals surface area contributed by atoms with Crippen molar-refractivity contribution in [3.05, 3.63) is 27.1 Å². The van der Waals surface area contributed by atoms with Gasteiger partial charge in [0.15, 0.2) is 0 Å². The van der Waals surface area contributed by atoms with Gasteiger partial charge in [0.05, 0.1) is 32.8 Å². The number of ether oxygens (including phenoxy) is 1. The second-order valence-corrected chi connectivity index (χ2v) is 6.78. The Morgan fingerprint density at radius 1 is 1.38 bits per heavy atom. The molecule has 0 unspecified atom stereocenters. The number of carbonyl (C=O) groups excluding carboxylic acids is 1. The molecule has 0 aliphatic carbocycles. The Hall–Kier alpha value is -2.00. The number of fused-ring (bicyclic) bond motifs is 1. The van der Waals surface area contributed by atoms with E-state index in [1.807, 2.05) is 13.8 Å². The van der Waals surface area contributed by atoms with E-state index in [9.17, 15) is 9.59 Å². The molecule has 0 radical (unpaired) electrons. The van der Waals surface area contributed by atoms with Gasteiger partial charge in [0, 0.05) is 6.07 Å². The van der Waals surface area contributed by atoms with E-state index in [1.54, 1.807) is 11.0 Å². The van der Waals surface area contributed by atoms with Crippen LogP contribution in [0.25, 0.3) is 4.96 Å². The molecule has 8 nitrogen and oxygen atoms in total. The molecule has 24 heavy (non-hydrogen) atoms. The number of nitrogens with zero attached hydrogens (tertiary/aromatic N) is 4. The van der Waals surface area contributed by atoms with Crippen molar-refractivity contribution in [2.75, 3.05) is 32.8 Å². The molecule has 0 bridgehead atoms. The van der Waals surface area contributed by atoms with Gasteiger partial charge >= 0.3 is 6.09 Å². The summed E-state index contributed by atoms with van der Waals surface area (Å²) >= 11 is 1.46. The molecule has 1 N–H and O–H groups in total. The van der Waals surface area contributed by atoms with Crippen molar-refractivity contribution >= 4 is 22.4 Å². The average Bonchev–Trinajstić information content (AvgIpc) is 2.99. The highest BCUT2D eigenvalue weighted by Crippen LogP contribution is 2.11. The molecule has 3 rings (SSSR count). The highest BCUT2D eigenvalue weighted by atomic mass is 32.1. The minimum atomic E-state index is -0.244. The first-order chi connectivity index (χ1) is 11.6. The summed E-state index contributed by atoms with van der Waals surface area (Å²) in [6, 6.07) is 1.57. The van der Waals surface area contributed by atoms with Gasteiger partial charge in [-0.05, 0) is 13.3 Å². The van der Waals surface area contributed by atoms with Gasteiger partial charge in [-0.3, -0.25) is 9.69 Å². The summed E-state index contributed by atoms with van der Waals surface area (Å²) in [6.45, 7) is 7.87. The van der Waals surface area contributed by atoms with Crippen molar-refractivity contribution in [3.8, 4) is 0 Å². The number of piperazine rings is 1. The van der Waals surface area contributed by atoms with Crippen LogP contribution < -0.4 is 10.5 Å². The Morgan fingerprint density at radius 3 is 2.79 bits per heavy atom. The van der Waals surface area contributed by atoms with E-state index in [0.29, 0.717) is 31.2 Å². The molecule has 0 spiro atoms. The molecule has 1 aliphatic heterocycles. The molecule has 0 saturated carbocycles. The third kappa shape index (κ3) is 3.57. The lowest BCUT2D eigenvalue weighted by molar-refractivity contribution is -0.918. The largest absolute Gasteiger partial charge is 0.450 e. The van der Waals surface area contributed by atoms with E-state index in [4.69, 9.17) is 4.74 Å². The van der Waals surface area contributed by atoms with Gasteiger partial charge in [0.1, 0.15) is 17.2 Å². The van der Waals surface area contributed by atoms with Crippen LogP contribution in [0.5, 0.6) is 0 Å². The lowest BCUT2D eigenvalue weighted by Gasteiger charge is -2.31. The molecular weight excluding hydrogens is 330 g/mol. The SMILES string of the molecule is CCOC(=O)N1CC[NH+](Cc2cc(=O)n3nc(CC)sc3n2)CC1. The van der Waals surface area contributed by atoms with Crippen LogP contribution in [0, 0.1) is 0 Å². The molecule has 0 atom stereocenters. The zero-order valence-corrected chi connectivity index (χ0v) is 14.8. The van der Waals surface area contributed by atoms with Crippen LogP contribution in [0.1, 0.15) is 24.5 Å². The van der Waals surface area contributed by atoms with E-state index < -0.39 is 0 Å². The van der Waals surface area contributed by atoms with Crippen molar-refractivity contribution in [2.24, 2.45) is 0 Å². The van der Waals surface area contributed by atoms with E-state index in [-0.39, 0.29) is 11.7 Å². The van der Waals surface area contributed by atoms with Crippen LogP contribution in [-0.4, -0.2) is 58.4 Å². The van der Waals surface area contributed by atoms with Crippen molar-refractivity contribution in [1.29, 1.82) is 0 Å². The first-order valence-corrected chi connectivity index (χ1v) is 9.06. The number of hydrogen-bond acceptors (Lipinski definition) is 6. The Bertz CT molecular complexity index is 779. The number of rotatable bonds is 4. The van der Waals surface area contributed by atoms with Crippen molar-refractivity contribution in [3.63, 3.8) is 0 Å². The van der Waals surface area contributed by atoms with Crippen LogP contribution in [0.2, 0.25) is 0 Å². The maximum Gasteiger partial charge on any atom is 0.410 e. The summed E-state index contributed by atoms with van der Waals surface area (Å²) in [5.41, 5.74) is 0.654. The van der Waals surface area contributed by atoms with Gasteiger partial charge < -0.3 is 9.64 Å². The van der Waals surface area contributed by atoms with Crippen molar-refractivity contribution in [2.45, 2.75) is 26.8 Å². The van der Waals surface area contributed by atoms with Crippen molar-refractivity contribution < 1.29 is 14.4 Å². The van der Waals surface area contributed by atoms with Crippen LogP contribution in [0.15, 0.2) is 10.9 Å². The molecular formula is C15H22N5O3S+. The second kappa shape index (κ2) is 7.27. The predicted molar refractivity (Wildman–Crippen MR) is 89.5 cm³/mol. The van der Waals surface area contributed by atoms with E-state index in [0.717, 1.165) is 30.2 Å². The number of quaternary nitrogens is 1. The lowest BCUT2D eigenvalue weighted by Crippen LogP contribution is -3.13. The lowest BCUT2D eigenvalue weighted by atomic mass is 10.3. The van der Waals surface area contributed by atoms with E-state index >= 15 is 0 Å². The topological polar surface area (TPSA) is 81.2 Å². The van der Waals surface area contributed by atoms with E-state index in [1.165, 1.54) is 20.8 Å². The first kappa shape index (κ1) is 16.8. The Kier molecular flexibility index (Phi) is 5.10. The molecule has 1 saturated heterocycles. The highest BCUT2D eigenvalue weighted by Gasteiger charge is 2.25. The number of nitrogens with one attached hydrogen (secondary N) is 1. The summed E-state index contributed by atoms with van der Waals surface area (Å²) in [6.07, 6.45) is 0.551. The number of aromatic nitrogens is 3. The minimum absolute atomic E-state index is 0.129. The molecule has 1 fully saturated rings. The average molecular weight is 352 g/mol. The van der Waals surface area contributed by atoms with Crippen LogP contribution in [0.3, 0.4) is 0 Å². The Morgan fingerprint density at radius 2 is 2.12 bits per heavy atom. The van der Waals surface area contributed by atoms with Gasteiger partial charge in [-0.25, -0.2) is 9.78 Å². The standard InChI is InChI=1S/C15H21N5O3S/c1-3-12-17-20-13(21)9-11(16-14(20)24-12)10-18-5-7-19(8-6-18)15(22)23-4-2/h9H,3-8,10H2,1-2H3/p+1. The monoisotopic (exact) mass is 352 g/mol. The molecule has 1 amide bonds. The summed E-state index contributed by atoms with van der Waals surface area (Å²) in [7, 11) is 0. The zero-order valence-electron chi connectivity index (χ0n) is 13.9. The third-order valence-corrected chi connectivity index (χ3v) is 5.12. The Labute approximate surface area is 143 Å². The van der Waals surface area contributed by atoms with Gasteiger partial charge in [-0.15, -0.1) is 0 Å². The van der Waals surface area contributed by atoms with Crippen LogP contribution >= 0.6 is 11.3 Å².